The Morgan fingerprint density at radius 2 is 1.97 bits per heavy atom. The van der Waals surface area contributed by atoms with E-state index in [9.17, 15) is 9.59 Å². The molecule has 1 amide bonds. The van der Waals surface area contributed by atoms with Gasteiger partial charge in [-0.05, 0) is 26.8 Å². The summed E-state index contributed by atoms with van der Waals surface area (Å²) in [4.78, 5) is 38.4. The molecule has 9 nitrogen and oxygen atoms in total. The van der Waals surface area contributed by atoms with Gasteiger partial charge in [0, 0.05) is 24.6 Å². The van der Waals surface area contributed by atoms with Crippen molar-refractivity contribution in [1.29, 1.82) is 0 Å². The Morgan fingerprint density at radius 1 is 1.19 bits per heavy atom. The Bertz CT molecular complexity index is 974. The predicted octanol–water partition coefficient (Wildman–Crippen LogP) is 2.84. The third-order valence-corrected chi connectivity index (χ3v) is 4.47. The van der Waals surface area contributed by atoms with E-state index in [0.717, 1.165) is 0 Å². The second-order valence-corrected chi connectivity index (χ2v) is 8.13. The van der Waals surface area contributed by atoms with Crippen LogP contribution in [0.4, 0.5) is 4.79 Å². The lowest BCUT2D eigenvalue weighted by Crippen LogP contribution is -2.34. The van der Waals surface area contributed by atoms with E-state index in [1.165, 1.54) is 18.3 Å². The predicted molar refractivity (Wildman–Crippen MR) is 113 cm³/mol. The third kappa shape index (κ3) is 5.78. The molecule has 0 bridgehead atoms. The smallest absolute Gasteiger partial charge is 0.410 e. The van der Waals surface area contributed by atoms with Gasteiger partial charge in [-0.25, -0.2) is 24.5 Å². The molecule has 164 valence electrons. The van der Waals surface area contributed by atoms with E-state index in [1.54, 1.807) is 31.3 Å². The number of ether oxygens (including phenoxy) is 3. The van der Waals surface area contributed by atoms with Crippen molar-refractivity contribution in [2.75, 3.05) is 14.2 Å². The molecule has 1 aromatic heterocycles. The van der Waals surface area contributed by atoms with Crippen molar-refractivity contribution in [1.82, 2.24) is 14.9 Å². The summed E-state index contributed by atoms with van der Waals surface area (Å²) in [5.74, 6) is 0.0847. The Kier molecular flexibility index (Phi) is 6.53. The first kappa shape index (κ1) is 22.2. The lowest BCUT2D eigenvalue weighted by molar-refractivity contribution is -0.136. The van der Waals surface area contributed by atoms with E-state index in [4.69, 9.17) is 14.2 Å². The summed E-state index contributed by atoms with van der Waals surface area (Å²) in [5, 5.41) is 0. The van der Waals surface area contributed by atoms with E-state index in [0.29, 0.717) is 23.0 Å². The van der Waals surface area contributed by atoms with E-state index in [-0.39, 0.29) is 24.5 Å². The van der Waals surface area contributed by atoms with Gasteiger partial charge in [0.1, 0.15) is 11.9 Å². The van der Waals surface area contributed by atoms with Gasteiger partial charge < -0.3 is 19.1 Å². The number of hydrogen-bond donors (Lipinski definition) is 0. The second kappa shape index (κ2) is 9.11. The van der Waals surface area contributed by atoms with Crippen LogP contribution in [0, 0.1) is 5.92 Å². The summed E-state index contributed by atoms with van der Waals surface area (Å²) in [6, 6.07) is 1.37. The molecule has 0 fully saturated rings. The lowest BCUT2D eigenvalue weighted by Gasteiger charge is -2.26. The molecule has 31 heavy (non-hydrogen) atoms. The highest BCUT2D eigenvalue weighted by Gasteiger charge is 2.30. The maximum absolute atomic E-state index is 12.2. The molecule has 3 rings (SSSR count). The van der Waals surface area contributed by atoms with Gasteiger partial charge in [0.05, 0.1) is 25.4 Å². The number of nitrogens with zero attached hydrogens (tertiary/aromatic N) is 4. The van der Waals surface area contributed by atoms with Gasteiger partial charge >= 0.3 is 12.1 Å². The molecule has 1 aliphatic carbocycles. The van der Waals surface area contributed by atoms with E-state index in [2.05, 4.69) is 15.0 Å². The van der Waals surface area contributed by atoms with Crippen LogP contribution in [-0.4, -0.2) is 58.6 Å². The fraction of sp³-hybridized carbons (Fsp3) is 0.409. The fourth-order valence-corrected chi connectivity index (χ4v) is 3.06. The first-order chi connectivity index (χ1) is 14.7. The Morgan fingerprint density at radius 3 is 2.68 bits per heavy atom. The SMILES string of the molecule is COC(=O)C1=CC=CC2N=C(Oc3cc(CN(C)C(=O)OC(C)(C)C)ncn3)C=CC12. The number of carbonyl (C=O) groups excluding carboxylic acids is 2. The van der Waals surface area contributed by atoms with Crippen LogP contribution in [0.25, 0.3) is 0 Å². The standard InChI is InChI=1S/C22H26N4O5/c1-22(2,3)31-21(28)26(4)12-14-11-19(24-13-23-14)30-18-10-9-15-16(20(27)29-5)7-6-8-17(15)25-18/h6-11,13,15,17H,12H2,1-5H3. The number of aliphatic imine (C=N–C) groups is 1. The molecule has 0 saturated carbocycles. The summed E-state index contributed by atoms with van der Waals surface area (Å²) in [7, 11) is 2.99. The van der Waals surface area contributed by atoms with Gasteiger partial charge in [-0.15, -0.1) is 0 Å². The highest BCUT2D eigenvalue weighted by atomic mass is 16.6. The topological polar surface area (TPSA) is 103 Å². The van der Waals surface area contributed by atoms with Gasteiger partial charge in [-0.3, -0.25) is 0 Å². The van der Waals surface area contributed by atoms with Gasteiger partial charge in [0.15, 0.2) is 0 Å². The third-order valence-electron chi connectivity index (χ3n) is 4.47. The molecular weight excluding hydrogens is 400 g/mol. The molecule has 1 aliphatic heterocycles. The maximum Gasteiger partial charge on any atom is 0.410 e. The van der Waals surface area contributed by atoms with Crippen molar-refractivity contribution < 1.29 is 23.8 Å². The fourth-order valence-electron chi connectivity index (χ4n) is 3.06. The molecule has 0 N–H and O–H groups in total. The Balaban J connectivity index is 1.66. The number of amides is 1. The zero-order valence-corrected chi connectivity index (χ0v) is 18.2. The molecule has 0 aromatic carbocycles. The number of allylic oxidation sites excluding steroid dienone is 2. The molecule has 0 saturated heterocycles. The van der Waals surface area contributed by atoms with Gasteiger partial charge in [0.25, 0.3) is 0 Å². The molecule has 2 aliphatic rings. The minimum atomic E-state index is -0.578. The zero-order valence-electron chi connectivity index (χ0n) is 18.2. The van der Waals surface area contributed by atoms with Crippen molar-refractivity contribution in [2.45, 2.75) is 39.0 Å². The number of hydrogen-bond acceptors (Lipinski definition) is 8. The summed E-state index contributed by atoms with van der Waals surface area (Å²) in [5.41, 5.74) is 0.555. The van der Waals surface area contributed by atoms with E-state index in [1.807, 2.05) is 32.9 Å². The molecular formula is C22H26N4O5. The summed E-state index contributed by atoms with van der Waals surface area (Å²) in [6.07, 6.45) is 9.88. The largest absolute Gasteiger partial charge is 0.466 e. The second-order valence-electron chi connectivity index (χ2n) is 8.13. The van der Waals surface area contributed by atoms with Gasteiger partial charge in [0.2, 0.25) is 11.8 Å². The average molecular weight is 426 g/mol. The lowest BCUT2D eigenvalue weighted by atomic mass is 9.86. The number of carbonyl (C=O) groups is 2. The number of aromatic nitrogens is 2. The van der Waals surface area contributed by atoms with E-state index >= 15 is 0 Å². The quantitative estimate of drug-likeness (QED) is 0.682. The molecule has 1 aromatic rings. The van der Waals surface area contributed by atoms with Crippen molar-refractivity contribution in [2.24, 2.45) is 10.9 Å². The van der Waals surface area contributed by atoms with Crippen LogP contribution in [0.3, 0.4) is 0 Å². The van der Waals surface area contributed by atoms with Gasteiger partial charge in [-0.2, -0.15) is 0 Å². The van der Waals surface area contributed by atoms with Crippen LogP contribution in [0.1, 0.15) is 26.5 Å². The Hall–Kier alpha value is -3.49. The molecule has 0 spiro atoms. The van der Waals surface area contributed by atoms with E-state index < -0.39 is 11.7 Å². The molecule has 2 unspecified atom stereocenters. The van der Waals surface area contributed by atoms with Crippen molar-refractivity contribution in [3.05, 3.63) is 54.0 Å². The summed E-state index contributed by atoms with van der Waals surface area (Å²) >= 11 is 0. The van der Waals surface area contributed by atoms with Crippen molar-refractivity contribution >= 4 is 18.0 Å². The van der Waals surface area contributed by atoms with Crippen molar-refractivity contribution in [3.63, 3.8) is 0 Å². The van der Waals surface area contributed by atoms with Crippen LogP contribution in [0.2, 0.25) is 0 Å². The monoisotopic (exact) mass is 426 g/mol. The molecule has 2 atom stereocenters. The number of methoxy groups -OCH3 is 1. The highest BCUT2D eigenvalue weighted by Crippen LogP contribution is 2.29. The first-order valence-electron chi connectivity index (χ1n) is 9.82. The molecule has 2 heterocycles. The van der Waals surface area contributed by atoms with Crippen LogP contribution in [0.5, 0.6) is 5.88 Å². The molecule has 0 radical (unpaired) electrons. The first-order valence-corrected chi connectivity index (χ1v) is 9.82. The number of esters is 1. The highest BCUT2D eigenvalue weighted by molar-refractivity contribution is 5.94. The van der Waals surface area contributed by atoms with Crippen LogP contribution < -0.4 is 4.74 Å². The zero-order chi connectivity index (χ0) is 22.6. The maximum atomic E-state index is 12.2. The van der Waals surface area contributed by atoms with Crippen LogP contribution >= 0.6 is 0 Å². The van der Waals surface area contributed by atoms with Crippen LogP contribution in [-0.2, 0) is 20.8 Å². The minimum Gasteiger partial charge on any atom is -0.466 e. The summed E-state index contributed by atoms with van der Waals surface area (Å²) in [6.45, 7) is 5.66. The average Bonchev–Trinajstić information content (AvgIpc) is 2.71. The Labute approximate surface area is 181 Å². The van der Waals surface area contributed by atoms with Crippen molar-refractivity contribution in [3.8, 4) is 5.88 Å². The number of fused-ring (bicyclic) bond motifs is 1. The number of dihydropyridines is 1. The number of rotatable bonds is 4. The minimum absolute atomic E-state index is 0.201. The van der Waals surface area contributed by atoms with Gasteiger partial charge in [-0.1, -0.05) is 24.3 Å². The van der Waals surface area contributed by atoms with Crippen LogP contribution in [0.15, 0.2) is 53.3 Å². The summed E-state index contributed by atoms with van der Waals surface area (Å²) < 4.78 is 16.0. The molecule has 9 heteroatoms. The normalized spacial score (nSPS) is 19.6.